The van der Waals surface area contributed by atoms with Crippen LogP contribution in [0.2, 0.25) is 0 Å². The molecule has 22 heavy (non-hydrogen) atoms. The lowest BCUT2D eigenvalue weighted by Gasteiger charge is -2.21. The van der Waals surface area contributed by atoms with Gasteiger partial charge in [0.25, 0.3) is 5.91 Å². The highest BCUT2D eigenvalue weighted by molar-refractivity contribution is 9.10. The number of amides is 1. The molecule has 0 bridgehead atoms. The zero-order valence-electron chi connectivity index (χ0n) is 12.6. The van der Waals surface area contributed by atoms with E-state index in [1.165, 1.54) is 18.2 Å². The van der Waals surface area contributed by atoms with E-state index in [0.29, 0.717) is 16.0 Å². The topological polar surface area (TPSA) is 29.1 Å². The normalized spacial score (nSPS) is 12.2. The quantitative estimate of drug-likeness (QED) is 0.785. The number of carbonyl (C=O) groups excluding carboxylic acids is 1. The van der Waals surface area contributed by atoms with E-state index in [4.69, 9.17) is 0 Å². The van der Waals surface area contributed by atoms with Crippen LogP contribution in [-0.4, -0.2) is 5.91 Å². The second kappa shape index (κ2) is 7.54. The first-order valence-corrected chi connectivity index (χ1v) is 8.07. The van der Waals surface area contributed by atoms with Crippen LogP contribution in [0.15, 0.2) is 53.0 Å². The van der Waals surface area contributed by atoms with Crippen LogP contribution < -0.4 is 5.32 Å². The molecule has 2 aromatic rings. The molecular formula is C18H19BrFNO. The van der Waals surface area contributed by atoms with Gasteiger partial charge in [-0.2, -0.15) is 0 Å². The second-order valence-electron chi connectivity index (χ2n) is 5.69. The number of nitrogens with one attached hydrogen (secondary N) is 1. The molecule has 0 saturated heterocycles. The average Bonchev–Trinajstić information content (AvgIpc) is 2.46. The maximum absolute atomic E-state index is 13.1. The van der Waals surface area contributed by atoms with E-state index in [1.54, 1.807) is 0 Å². The summed E-state index contributed by atoms with van der Waals surface area (Å²) in [6, 6.07) is 13.9. The van der Waals surface area contributed by atoms with Gasteiger partial charge in [0.1, 0.15) is 5.82 Å². The van der Waals surface area contributed by atoms with Gasteiger partial charge in [0.05, 0.1) is 11.6 Å². The Bertz CT molecular complexity index is 643. The maximum Gasteiger partial charge on any atom is 0.252 e. The Morgan fingerprint density at radius 2 is 1.86 bits per heavy atom. The van der Waals surface area contributed by atoms with E-state index in [0.717, 1.165) is 12.0 Å². The van der Waals surface area contributed by atoms with Crippen LogP contribution in [0, 0.1) is 11.7 Å². The van der Waals surface area contributed by atoms with Crippen molar-refractivity contribution in [3.63, 3.8) is 0 Å². The molecule has 0 aliphatic rings. The molecule has 0 aliphatic carbocycles. The first kappa shape index (κ1) is 16.7. The Balaban J connectivity index is 2.21. The van der Waals surface area contributed by atoms with Gasteiger partial charge in [0.15, 0.2) is 0 Å². The smallest absolute Gasteiger partial charge is 0.252 e. The predicted molar refractivity (Wildman–Crippen MR) is 90.2 cm³/mol. The number of halogens is 2. The third kappa shape index (κ3) is 4.41. The average molecular weight is 364 g/mol. The second-order valence-corrected chi connectivity index (χ2v) is 6.54. The van der Waals surface area contributed by atoms with E-state index in [1.807, 2.05) is 30.3 Å². The lowest BCUT2D eigenvalue weighted by atomic mass is 9.96. The summed E-state index contributed by atoms with van der Waals surface area (Å²) < 4.78 is 13.6. The molecule has 116 valence electrons. The fourth-order valence-electron chi connectivity index (χ4n) is 2.34. The van der Waals surface area contributed by atoms with Crippen molar-refractivity contribution in [3.8, 4) is 0 Å². The fourth-order valence-corrected chi connectivity index (χ4v) is 2.88. The minimum absolute atomic E-state index is 0.0642. The van der Waals surface area contributed by atoms with Gasteiger partial charge < -0.3 is 5.32 Å². The highest BCUT2D eigenvalue weighted by Crippen LogP contribution is 2.23. The molecule has 0 radical (unpaired) electrons. The number of rotatable bonds is 5. The molecule has 0 heterocycles. The van der Waals surface area contributed by atoms with Gasteiger partial charge in [0, 0.05) is 4.47 Å². The zero-order chi connectivity index (χ0) is 16.1. The van der Waals surface area contributed by atoms with Crippen molar-refractivity contribution in [3.05, 3.63) is 69.9 Å². The van der Waals surface area contributed by atoms with Crippen molar-refractivity contribution in [1.29, 1.82) is 0 Å². The van der Waals surface area contributed by atoms with Crippen molar-refractivity contribution in [1.82, 2.24) is 5.32 Å². The Morgan fingerprint density at radius 3 is 2.45 bits per heavy atom. The van der Waals surface area contributed by atoms with Gasteiger partial charge in [0.2, 0.25) is 0 Å². The van der Waals surface area contributed by atoms with Gasteiger partial charge in [-0.05, 0) is 52.0 Å². The highest BCUT2D eigenvalue weighted by Gasteiger charge is 2.18. The molecular weight excluding hydrogens is 345 g/mol. The molecule has 2 rings (SSSR count). The van der Waals surface area contributed by atoms with Crippen LogP contribution in [0.3, 0.4) is 0 Å². The third-order valence-electron chi connectivity index (χ3n) is 3.39. The molecule has 2 aromatic carbocycles. The van der Waals surface area contributed by atoms with Gasteiger partial charge >= 0.3 is 0 Å². The van der Waals surface area contributed by atoms with Crippen molar-refractivity contribution < 1.29 is 9.18 Å². The fraction of sp³-hybridized carbons (Fsp3) is 0.278. The van der Waals surface area contributed by atoms with Crippen LogP contribution in [-0.2, 0) is 0 Å². The molecule has 0 aliphatic heterocycles. The van der Waals surface area contributed by atoms with Gasteiger partial charge in [-0.15, -0.1) is 0 Å². The van der Waals surface area contributed by atoms with Gasteiger partial charge in [-0.1, -0.05) is 44.2 Å². The standard InChI is InChI=1S/C18H19BrFNO/c1-12(2)10-17(13-6-4-3-5-7-13)21-18(22)15-9-8-14(20)11-16(15)19/h3-9,11-12,17H,10H2,1-2H3,(H,21,22)/t17-/m1/s1. The molecule has 4 heteroatoms. The number of hydrogen-bond donors (Lipinski definition) is 1. The Hall–Kier alpha value is -1.68. The predicted octanol–water partition coefficient (Wildman–Crippen LogP) is 5.11. The van der Waals surface area contributed by atoms with Crippen molar-refractivity contribution in [2.45, 2.75) is 26.3 Å². The van der Waals surface area contributed by atoms with Crippen LogP contribution in [0.5, 0.6) is 0 Å². The molecule has 2 nitrogen and oxygen atoms in total. The minimum atomic E-state index is -0.370. The first-order valence-electron chi connectivity index (χ1n) is 7.28. The van der Waals surface area contributed by atoms with Crippen LogP contribution >= 0.6 is 15.9 Å². The van der Waals surface area contributed by atoms with Crippen molar-refractivity contribution >= 4 is 21.8 Å². The first-order chi connectivity index (χ1) is 10.5. The summed E-state index contributed by atoms with van der Waals surface area (Å²) in [4.78, 5) is 12.5. The molecule has 0 unspecified atom stereocenters. The summed E-state index contributed by atoms with van der Waals surface area (Å²) in [5, 5.41) is 3.05. The van der Waals surface area contributed by atoms with Crippen LogP contribution in [0.1, 0.15) is 42.2 Å². The molecule has 1 atom stereocenters. The molecule has 0 fully saturated rings. The summed E-state index contributed by atoms with van der Waals surface area (Å²) >= 11 is 3.24. The molecule has 0 spiro atoms. The Labute approximate surface area is 138 Å². The van der Waals surface area contributed by atoms with E-state index in [2.05, 4.69) is 35.1 Å². The van der Waals surface area contributed by atoms with Crippen molar-refractivity contribution in [2.75, 3.05) is 0 Å². The third-order valence-corrected chi connectivity index (χ3v) is 4.05. The van der Waals surface area contributed by atoms with Gasteiger partial charge in [-0.25, -0.2) is 4.39 Å². The lowest BCUT2D eigenvalue weighted by Crippen LogP contribution is -2.29. The van der Waals surface area contributed by atoms with E-state index in [9.17, 15) is 9.18 Å². The van der Waals surface area contributed by atoms with Crippen LogP contribution in [0.25, 0.3) is 0 Å². The Morgan fingerprint density at radius 1 is 1.18 bits per heavy atom. The Kier molecular flexibility index (Phi) is 5.72. The molecule has 0 saturated carbocycles. The van der Waals surface area contributed by atoms with Gasteiger partial charge in [-0.3, -0.25) is 4.79 Å². The monoisotopic (exact) mass is 363 g/mol. The highest BCUT2D eigenvalue weighted by atomic mass is 79.9. The number of benzene rings is 2. The van der Waals surface area contributed by atoms with E-state index in [-0.39, 0.29) is 17.8 Å². The van der Waals surface area contributed by atoms with E-state index >= 15 is 0 Å². The molecule has 0 aromatic heterocycles. The SMILES string of the molecule is CC(C)C[C@@H](NC(=O)c1ccc(F)cc1Br)c1ccccc1. The summed E-state index contributed by atoms with van der Waals surface area (Å²) in [6.45, 7) is 4.24. The molecule has 1 amide bonds. The van der Waals surface area contributed by atoms with Crippen LogP contribution in [0.4, 0.5) is 4.39 Å². The minimum Gasteiger partial charge on any atom is -0.345 e. The summed E-state index contributed by atoms with van der Waals surface area (Å²) in [5.41, 5.74) is 1.51. The summed E-state index contributed by atoms with van der Waals surface area (Å²) in [7, 11) is 0. The summed E-state index contributed by atoms with van der Waals surface area (Å²) in [6.07, 6.45) is 0.842. The lowest BCUT2D eigenvalue weighted by molar-refractivity contribution is 0.0931. The molecule has 1 N–H and O–H groups in total. The zero-order valence-corrected chi connectivity index (χ0v) is 14.2. The summed E-state index contributed by atoms with van der Waals surface area (Å²) in [5.74, 6) is -0.131. The largest absolute Gasteiger partial charge is 0.345 e. The van der Waals surface area contributed by atoms with E-state index < -0.39 is 0 Å². The number of carbonyl (C=O) groups is 1. The number of hydrogen-bond acceptors (Lipinski definition) is 1. The maximum atomic E-state index is 13.1. The van der Waals surface area contributed by atoms with Crippen molar-refractivity contribution in [2.24, 2.45) is 5.92 Å².